The molecule has 0 aliphatic heterocycles. The van der Waals surface area contributed by atoms with E-state index < -0.39 is 0 Å². The van der Waals surface area contributed by atoms with E-state index in [-0.39, 0.29) is 6.04 Å². The van der Waals surface area contributed by atoms with E-state index in [9.17, 15) is 0 Å². The monoisotopic (exact) mass is 246 g/mol. The van der Waals surface area contributed by atoms with Crippen LogP contribution in [0.25, 0.3) is 11.2 Å². The number of aromatic amines is 1. The third-order valence-electron chi connectivity index (χ3n) is 3.26. The second-order valence-corrected chi connectivity index (χ2v) is 5.32. The summed E-state index contributed by atoms with van der Waals surface area (Å²) < 4.78 is 0. The molecule has 2 rings (SSSR count). The molecule has 0 saturated heterocycles. The van der Waals surface area contributed by atoms with Crippen molar-refractivity contribution >= 4 is 11.2 Å². The van der Waals surface area contributed by atoms with Gasteiger partial charge in [0.2, 0.25) is 0 Å². The van der Waals surface area contributed by atoms with E-state index in [0.717, 1.165) is 41.8 Å². The second-order valence-electron chi connectivity index (χ2n) is 5.32. The Morgan fingerprint density at radius 1 is 1.33 bits per heavy atom. The zero-order valence-electron chi connectivity index (χ0n) is 11.4. The third kappa shape index (κ3) is 3.07. The molecular formula is C14H22N4. The maximum atomic E-state index is 5.76. The number of nitrogens with zero attached hydrogens (tertiary/aromatic N) is 2. The van der Waals surface area contributed by atoms with Gasteiger partial charge >= 0.3 is 0 Å². The van der Waals surface area contributed by atoms with Gasteiger partial charge in [0, 0.05) is 18.2 Å². The van der Waals surface area contributed by atoms with Gasteiger partial charge in [-0.25, -0.2) is 9.97 Å². The van der Waals surface area contributed by atoms with Crippen LogP contribution in [0.15, 0.2) is 12.3 Å². The highest BCUT2D eigenvalue weighted by atomic mass is 15.0. The van der Waals surface area contributed by atoms with Gasteiger partial charge in [-0.1, -0.05) is 13.3 Å². The summed E-state index contributed by atoms with van der Waals surface area (Å²) in [6, 6.07) is 2.38. The first-order valence-corrected chi connectivity index (χ1v) is 6.64. The van der Waals surface area contributed by atoms with Crippen LogP contribution < -0.4 is 5.73 Å². The molecule has 0 spiro atoms. The van der Waals surface area contributed by atoms with Gasteiger partial charge < -0.3 is 10.7 Å². The van der Waals surface area contributed by atoms with E-state index in [4.69, 9.17) is 5.73 Å². The molecule has 98 valence electrons. The first-order chi connectivity index (χ1) is 8.56. The smallest absolute Gasteiger partial charge is 0.177 e. The zero-order valence-corrected chi connectivity index (χ0v) is 11.4. The Bertz CT molecular complexity index is 515. The summed E-state index contributed by atoms with van der Waals surface area (Å²) in [5, 5.41) is 0. The van der Waals surface area contributed by atoms with Crippen molar-refractivity contribution in [2.75, 3.05) is 0 Å². The van der Waals surface area contributed by atoms with Crippen LogP contribution in [0.3, 0.4) is 0 Å². The van der Waals surface area contributed by atoms with Crippen molar-refractivity contribution < 1.29 is 0 Å². The van der Waals surface area contributed by atoms with Crippen LogP contribution in [0.4, 0.5) is 0 Å². The number of aryl methyl sites for hydroxylation is 1. The zero-order chi connectivity index (χ0) is 13.1. The van der Waals surface area contributed by atoms with Crippen LogP contribution in [-0.4, -0.2) is 21.0 Å². The highest BCUT2D eigenvalue weighted by Gasteiger charge is 2.11. The fraction of sp³-hybridized carbons (Fsp3) is 0.571. The summed E-state index contributed by atoms with van der Waals surface area (Å²) in [5.74, 6) is 1.46. The first kappa shape index (κ1) is 13.0. The quantitative estimate of drug-likeness (QED) is 0.852. The topological polar surface area (TPSA) is 67.6 Å². The summed E-state index contributed by atoms with van der Waals surface area (Å²) in [4.78, 5) is 12.3. The van der Waals surface area contributed by atoms with Gasteiger partial charge in [-0.15, -0.1) is 0 Å². The third-order valence-corrected chi connectivity index (χ3v) is 3.26. The number of imidazole rings is 1. The lowest BCUT2D eigenvalue weighted by molar-refractivity contribution is 0.546. The number of nitrogens with two attached hydrogens (primary N) is 1. The maximum Gasteiger partial charge on any atom is 0.177 e. The van der Waals surface area contributed by atoms with Crippen LogP contribution in [0, 0.1) is 6.92 Å². The minimum atomic E-state index is 0.289. The van der Waals surface area contributed by atoms with Crippen LogP contribution in [0.1, 0.15) is 50.4 Å². The fourth-order valence-electron chi connectivity index (χ4n) is 2.14. The van der Waals surface area contributed by atoms with Crippen molar-refractivity contribution in [1.82, 2.24) is 15.0 Å². The Labute approximate surface area is 108 Å². The predicted octanol–water partition coefficient (Wildman–Crippen LogP) is 2.89. The summed E-state index contributed by atoms with van der Waals surface area (Å²) in [6.45, 7) is 6.29. The molecule has 18 heavy (non-hydrogen) atoms. The lowest BCUT2D eigenvalue weighted by atomic mass is 10.0. The standard InChI is InChI=1S/C14H22N4/c1-9-7-12-14(16-8-9)18-13(17-12)10(2)5-4-6-11(3)15/h7-8,10-11H,4-6,15H2,1-3H3,(H,16,17,18). The molecular weight excluding hydrogens is 224 g/mol. The molecule has 4 nitrogen and oxygen atoms in total. The highest BCUT2D eigenvalue weighted by molar-refractivity contribution is 5.71. The van der Waals surface area contributed by atoms with E-state index in [1.165, 1.54) is 0 Å². The second kappa shape index (κ2) is 5.48. The molecule has 2 atom stereocenters. The molecule has 0 bridgehead atoms. The summed E-state index contributed by atoms with van der Waals surface area (Å²) in [7, 11) is 0. The van der Waals surface area contributed by atoms with Gasteiger partial charge in [-0.3, -0.25) is 0 Å². The predicted molar refractivity (Wildman–Crippen MR) is 74.5 cm³/mol. The average molecular weight is 246 g/mol. The summed E-state index contributed by atoms with van der Waals surface area (Å²) in [5.41, 5.74) is 8.76. The number of pyridine rings is 1. The fourth-order valence-corrected chi connectivity index (χ4v) is 2.14. The van der Waals surface area contributed by atoms with Gasteiger partial charge in [-0.2, -0.15) is 0 Å². The van der Waals surface area contributed by atoms with E-state index in [0.29, 0.717) is 5.92 Å². The first-order valence-electron chi connectivity index (χ1n) is 6.64. The number of fused-ring (bicyclic) bond motifs is 1. The molecule has 2 heterocycles. The van der Waals surface area contributed by atoms with Crippen molar-refractivity contribution in [1.29, 1.82) is 0 Å². The lowest BCUT2D eigenvalue weighted by Crippen LogP contribution is -2.14. The van der Waals surface area contributed by atoms with Crippen LogP contribution in [0.5, 0.6) is 0 Å². The number of hydrogen-bond acceptors (Lipinski definition) is 3. The van der Waals surface area contributed by atoms with Gasteiger partial charge in [-0.05, 0) is 38.3 Å². The molecule has 0 amide bonds. The molecule has 0 saturated carbocycles. The van der Waals surface area contributed by atoms with E-state index in [1.807, 2.05) is 13.1 Å². The van der Waals surface area contributed by atoms with Crippen molar-refractivity contribution in [2.24, 2.45) is 5.73 Å². The number of rotatable bonds is 5. The largest absolute Gasteiger partial charge is 0.340 e. The maximum absolute atomic E-state index is 5.76. The molecule has 0 fully saturated rings. The number of nitrogens with one attached hydrogen (secondary N) is 1. The van der Waals surface area contributed by atoms with Gasteiger partial charge in [0.05, 0.1) is 5.52 Å². The van der Waals surface area contributed by atoms with Crippen LogP contribution >= 0.6 is 0 Å². The number of hydrogen-bond donors (Lipinski definition) is 2. The Kier molecular flexibility index (Phi) is 3.97. The molecule has 4 heteroatoms. The molecule has 0 radical (unpaired) electrons. The van der Waals surface area contributed by atoms with Gasteiger partial charge in [0.1, 0.15) is 5.82 Å². The summed E-state index contributed by atoms with van der Waals surface area (Å²) in [6.07, 6.45) is 5.18. The summed E-state index contributed by atoms with van der Waals surface area (Å²) >= 11 is 0. The molecule has 2 aromatic heterocycles. The minimum Gasteiger partial charge on any atom is -0.340 e. The van der Waals surface area contributed by atoms with Gasteiger partial charge in [0.15, 0.2) is 5.65 Å². The average Bonchev–Trinajstić information content (AvgIpc) is 2.71. The highest BCUT2D eigenvalue weighted by Crippen LogP contribution is 2.21. The molecule has 0 aromatic carbocycles. The lowest BCUT2D eigenvalue weighted by Gasteiger charge is -2.09. The van der Waals surface area contributed by atoms with E-state index >= 15 is 0 Å². The molecule has 3 N–H and O–H groups in total. The SMILES string of the molecule is Cc1cnc2nc(C(C)CCCC(C)N)[nH]c2c1. The van der Waals surface area contributed by atoms with Crippen LogP contribution in [-0.2, 0) is 0 Å². The molecule has 0 aliphatic carbocycles. The van der Waals surface area contributed by atoms with Crippen molar-refractivity contribution in [3.05, 3.63) is 23.7 Å². The Balaban J connectivity index is 2.06. The Hall–Kier alpha value is -1.42. The van der Waals surface area contributed by atoms with Crippen molar-refractivity contribution in [3.63, 3.8) is 0 Å². The normalized spacial score (nSPS) is 14.9. The minimum absolute atomic E-state index is 0.289. The molecule has 2 unspecified atom stereocenters. The number of H-pyrrole nitrogens is 1. The van der Waals surface area contributed by atoms with Crippen molar-refractivity contribution in [3.8, 4) is 0 Å². The van der Waals surface area contributed by atoms with Gasteiger partial charge in [0.25, 0.3) is 0 Å². The Morgan fingerprint density at radius 3 is 2.83 bits per heavy atom. The number of aromatic nitrogens is 3. The van der Waals surface area contributed by atoms with E-state index in [1.54, 1.807) is 0 Å². The van der Waals surface area contributed by atoms with Crippen molar-refractivity contribution in [2.45, 2.75) is 52.0 Å². The molecule has 0 aliphatic rings. The Morgan fingerprint density at radius 2 is 2.11 bits per heavy atom. The van der Waals surface area contributed by atoms with E-state index in [2.05, 4.69) is 34.9 Å². The molecule has 2 aromatic rings. The van der Waals surface area contributed by atoms with Crippen LogP contribution in [0.2, 0.25) is 0 Å².